The maximum atomic E-state index is 12.2. The van der Waals surface area contributed by atoms with Crippen molar-refractivity contribution in [2.24, 2.45) is 5.92 Å². The Morgan fingerprint density at radius 3 is 2.45 bits per heavy atom. The maximum absolute atomic E-state index is 12.2. The van der Waals surface area contributed by atoms with Gasteiger partial charge in [-0.25, -0.2) is 0 Å². The van der Waals surface area contributed by atoms with Crippen LogP contribution in [0.25, 0.3) is 0 Å². The van der Waals surface area contributed by atoms with E-state index in [1.807, 2.05) is 24.3 Å². The first kappa shape index (κ1) is 14.6. The molecule has 108 valence electrons. The molecule has 2 rings (SSSR count). The van der Waals surface area contributed by atoms with E-state index in [1.54, 1.807) is 4.90 Å². The Morgan fingerprint density at radius 1 is 1.25 bits per heavy atom. The molecule has 0 aromatic heterocycles. The Kier molecular flexibility index (Phi) is 4.77. The van der Waals surface area contributed by atoms with Gasteiger partial charge in [-0.2, -0.15) is 0 Å². The highest BCUT2D eigenvalue weighted by molar-refractivity contribution is 5.94. The van der Waals surface area contributed by atoms with Crippen molar-refractivity contribution in [1.29, 1.82) is 0 Å². The van der Waals surface area contributed by atoms with Crippen LogP contribution in [0.3, 0.4) is 0 Å². The summed E-state index contributed by atoms with van der Waals surface area (Å²) < 4.78 is 0. The average Bonchev–Trinajstić information content (AvgIpc) is 2.39. The molecule has 0 unspecified atom stereocenters. The monoisotopic (exact) mass is 275 g/mol. The van der Waals surface area contributed by atoms with Crippen LogP contribution < -0.4 is 0 Å². The second kappa shape index (κ2) is 6.55. The normalized spacial score (nSPS) is 14.9. The number of amides is 1. The van der Waals surface area contributed by atoms with Crippen molar-refractivity contribution in [3.63, 3.8) is 0 Å². The van der Waals surface area contributed by atoms with Gasteiger partial charge in [-0.15, -0.1) is 0 Å². The SMILES string of the molecule is CCCCc1ccc(C(=O)N2CC(CC(=O)O)C2)cc1. The summed E-state index contributed by atoms with van der Waals surface area (Å²) in [6.07, 6.45) is 3.53. The van der Waals surface area contributed by atoms with Gasteiger partial charge in [0.1, 0.15) is 0 Å². The fraction of sp³-hybridized carbons (Fsp3) is 0.500. The third kappa shape index (κ3) is 3.59. The molecule has 1 aliphatic heterocycles. The third-order valence-corrected chi connectivity index (χ3v) is 3.73. The van der Waals surface area contributed by atoms with Gasteiger partial charge in [0.05, 0.1) is 6.42 Å². The largest absolute Gasteiger partial charge is 0.481 e. The van der Waals surface area contributed by atoms with Gasteiger partial charge in [0.15, 0.2) is 0 Å². The van der Waals surface area contributed by atoms with Crippen molar-refractivity contribution in [3.8, 4) is 0 Å². The van der Waals surface area contributed by atoms with E-state index in [4.69, 9.17) is 5.11 Å². The van der Waals surface area contributed by atoms with Crippen molar-refractivity contribution in [2.45, 2.75) is 32.6 Å². The first-order valence-electron chi connectivity index (χ1n) is 7.20. The van der Waals surface area contributed by atoms with Crippen molar-refractivity contribution in [2.75, 3.05) is 13.1 Å². The molecule has 1 heterocycles. The highest BCUT2D eigenvalue weighted by Gasteiger charge is 2.32. The molecule has 4 heteroatoms. The first-order chi connectivity index (χ1) is 9.60. The molecule has 0 spiro atoms. The number of carbonyl (C=O) groups is 2. The Balaban J connectivity index is 1.86. The number of benzene rings is 1. The smallest absolute Gasteiger partial charge is 0.303 e. The summed E-state index contributed by atoms with van der Waals surface area (Å²) in [5.41, 5.74) is 1.95. The number of aliphatic carboxylic acids is 1. The number of likely N-dealkylation sites (tertiary alicyclic amines) is 1. The molecular formula is C16H21NO3. The number of carboxylic acids is 1. The van der Waals surface area contributed by atoms with Gasteiger partial charge in [-0.05, 0) is 30.5 Å². The molecule has 4 nitrogen and oxygen atoms in total. The Hall–Kier alpha value is -1.84. The topological polar surface area (TPSA) is 57.6 Å². The van der Waals surface area contributed by atoms with E-state index in [0.717, 1.165) is 12.8 Å². The zero-order chi connectivity index (χ0) is 14.5. The van der Waals surface area contributed by atoms with E-state index in [0.29, 0.717) is 18.7 Å². The molecule has 0 radical (unpaired) electrons. The summed E-state index contributed by atoms with van der Waals surface area (Å²) in [7, 11) is 0. The predicted molar refractivity (Wildman–Crippen MR) is 76.7 cm³/mol. The van der Waals surface area contributed by atoms with E-state index in [-0.39, 0.29) is 18.2 Å². The minimum Gasteiger partial charge on any atom is -0.481 e. The summed E-state index contributed by atoms with van der Waals surface area (Å²) in [5.74, 6) is -0.670. The molecule has 1 aliphatic rings. The van der Waals surface area contributed by atoms with Gasteiger partial charge in [-0.3, -0.25) is 9.59 Å². The molecule has 1 aromatic carbocycles. The molecule has 1 aromatic rings. The molecule has 1 saturated heterocycles. The van der Waals surface area contributed by atoms with Crippen LogP contribution in [0.5, 0.6) is 0 Å². The number of carbonyl (C=O) groups excluding carboxylic acids is 1. The molecule has 20 heavy (non-hydrogen) atoms. The second-order valence-electron chi connectivity index (χ2n) is 5.47. The summed E-state index contributed by atoms with van der Waals surface area (Å²) in [6, 6.07) is 7.77. The van der Waals surface area contributed by atoms with Gasteiger partial charge < -0.3 is 10.0 Å². The van der Waals surface area contributed by atoms with Crippen LogP contribution in [0.1, 0.15) is 42.1 Å². The number of rotatable bonds is 6. The van der Waals surface area contributed by atoms with Gasteiger partial charge in [0.25, 0.3) is 5.91 Å². The number of hydrogen-bond acceptors (Lipinski definition) is 2. The fourth-order valence-corrected chi connectivity index (χ4v) is 2.49. The molecule has 0 saturated carbocycles. The third-order valence-electron chi connectivity index (χ3n) is 3.73. The van der Waals surface area contributed by atoms with Crippen LogP contribution in [0.15, 0.2) is 24.3 Å². The van der Waals surface area contributed by atoms with Gasteiger partial charge in [0.2, 0.25) is 0 Å². The van der Waals surface area contributed by atoms with E-state index in [9.17, 15) is 9.59 Å². The molecule has 1 fully saturated rings. The van der Waals surface area contributed by atoms with Gasteiger partial charge in [0, 0.05) is 24.6 Å². The Bertz CT molecular complexity index is 475. The lowest BCUT2D eigenvalue weighted by Crippen LogP contribution is -2.50. The number of unbranched alkanes of at least 4 members (excludes halogenated alkanes) is 1. The van der Waals surface area contributed by atoms with E-state index in [1.165, 1.54) is 12.0 Å². The zero-order valence-electron chi connectivity index (χ0n) is 11.8. The van der Waals surface area contributed by atoms with Gasteiger partial charge in [-0.1, -0.05) is 25.5 Å². The van der Waals surface area contributed by atoms with Crippen LogP contribution in [0, 0.1) is 5.92 Å². The molecule has 0 bridgehead atoms. The lowest BCUT2D eigenvalue weighted by molar-refractivity contribution is -0.139. The summed E-state index contributed by atoms with van der Waals surface area (Å²) >= 11 is 0. The van der Waals surface area contributed by atoms with E-state index < -0.39 is 5.97 Å². The average molecular weight is 275 g/mol. The fourth-order valence-electron chi connectivity index (χ4n) is 2.49. The van der Waals surface area contributed by atoms with Crippen LogP contribution in [-0.2, 0) is 11.2 Å². The van der Waals surface area contributed by atoms with Crippen LogP contribution in [0.4, 0.5) is 0 Å². The number of nitrogens with zero attached hydrogens (tertiary/aromatic N) is 1. The Labute approximate surface area is 119 Å². The highest BCUT2D eigenvalue weighted by atomic mass is 16.4. The first-order valence-corrected chi connectivity index (χ1v) is 7.20. The summed E-state index contributed by atoms with van der Waals surface area (Å²) in [6.45, 7) is 3.28. The number of carboxylic acid groups (broad SMARTS) is 1. The summed E-state index contributed by atoms with van der Waals surface area (Å²) in [4.78, 5) is 24.4. The van der Waals surface area contributed by atoms with E-state index >= 15 is 0 Å². The van der Waals surface area contributed by atoms with E-state index in [2.05, 4.69) is 6.92 Å². The minimum absolute atomic E-state index is 0.00804. The van der Waals surface area contributed by atoms with Crippen molar-refractivity contribution in [1.82, 2.24) is 4.90 Å². The second-order valence-corrected chi connectivity index (χ2v) is 5.47. The number of aryl methyl sites for hydroxylation is 1. The Morgan fingerprint density at radius 2 is 1.90 bits per heavy atom. The van der Waals surface area contributed by atoms with Crippen molar-refractivity contribution < 1.29 is 14.7 Å². The zero-order valence-corrected chi connectivity index (χ0v) is 11.8. The lowest BCUT2D eigenvalue weighted by Gasteiger charge is -2.38. The molecule has 0 atom stereocenters. The molecular weight excluding hydrogens is 254 g/mol. The lowest BCUT2D eigenvalue weighted by atomic mass is 9.95. The van der Waals surface area contributed by atoms with Crippen molar-refractivity contribution >= 4 is 11.9 Å². The van der Waals surface area contributed by atoms with Gasteiger partial charge >= 0.3 is 5.97 Å². The van der Waals surface area contributed by atoms with Crippen LogP contribution >= 0.6 is 0 Å². The standard InChI is InChI=1S/C16H21NO3/c1-2-3-4-12-5-7-14(8-6-12)16(20)17-10-13(11-17)9-15(18)19/h5-8,13H,2-4,9-11H2,1H3,(H,18,19). The van der Waals surface area contributed by atoms with Crippen molar-refractivity contribution in [3.05, 3.63) is 35.4 Å². The minimum atomic E-state index is -0.789. The maximum Gasteiger partial charge on any atom is 0.303 e. The van der Waals surface area contributed by atoms with Crippen LogP contribution in [0.2, 0.25) is 0 Å². The van der Waals surface area contributed by atoms with Crippen LogP contribution in [-0.4, -0.2) is 35.0 Å². The molecule has 0 aliphatic carbocycles. The highest BCUT2D eigenvalue weighted by Crippen LogP contribution is 2.21. The quantitative estimate of drug-likeness (QED) is 0.868. The molecule has 1 amide bonds. The molecule has 1 N–H and O–H groups in total. The predicted octanol–water partition coefficient (Wildman–Crippen LogP) is 2.58. The summed E-state index contributed by atoms with van der Waals surface area (Å²) in [5, 5.41) is 8.69. The number of hydrogen-bond donors (Lipinski definition) is 1.